The highest BCUT2D eigenvalue weighted by Crippen LogP contribution is 2.74. The molecule has 2 unspecified atom stereocenters. The molecule has 2 bridgehead atoms. The van der Waals surface area contributed by atoms with E-state index in [1.165, 1.54) is 7.11 Å². The van der Waals surface area contributed by atoms with Gasteiger partial charge in [-0.1, -0.05) is 47.5 Å². The molecule has 0 aromatic heterocycles. The zero-order valence-corrected chi connectivity index (χ0v) is 12.9. The number of methoxy groups -OCH3 is 1. The van der Waals surface area contributed by atoms with Crippen LogP contribution in [0.4, 0.5) is 0 Å². The van der Waals surface area contributed by atoms with Crippen LogP contribution in [0.1, 0.15) is 11.1 Å². The first-order valence-corrected chi connectivity index (χ1v) is 7.13. The van der Waals surface area contributed by atoms with Crippen LogP contribution in [0.5, 0.6) is 0 Å². The van der Waals surface area contributed by atoms with E-state index in [0.717, 1.165) is 11.1 Å². The number of halogens is 4. The highest BCUT2D eigenvalue weighted by atomic mass is 35.5. The molecule has 0 heterocycles. The maximum absolute atomic E-state index is 9.90. The van der Waals surface area contributed by atoms with Gasteiger partial charge in [-0.25, -0.2) is 0 Å². The number of rotatable bonds is 2. The Labute approximate surface area is 130 Å². The van der Waals surface area contributed by atoms with Gasteiger partial charge in [0.25, 0.3) is 0 Å². The maximum atomic E-state index is 9.90. The quantitative estimate of drug-likeness (QED) is 0.833. The van der Waals surface area contributed by atoms with E-state index < -0.39 is 22.0 Å². The van der Waals surface area contributed by atoms with Gasteiger partial charge in [0.2, 0.25) is 0 Å². The summed E-state index contributed by atoms with van der Waals surface area (Å²) in [5.74, 6) is 0. The SMILES string of the molecule is COC1(CO)C2(Cl)C(Cl)=C(Cl)C1(Cl)c1ccccc12. The van der Waals surface area contributed by atoms with Crippen LogP contribution in [0.3, 0.4) is 0 Å². The van der Waals surface area contributed by atoms with Crippen LogP contribution in [0.25, 0.3) is 0 Å². The van der Waals surface area contributed by atoms with Crippen molar-refractivity contribution in [3.05, 3.63) is 45.5 Å². The molecule has 102 valence electrons. The Morgan fingerprint density at radius 3 is 1.79 bits per heavy atom. The van der Waals surface area contributed by atoms with Gasteiger partial charge in [-0.3, -0.25) is 0 Å². The van der Waals surface area contributed by atoms with Crippen LogP contribution < -0.4 is 0 Å². The molecule has 1 N–H and O–H groups in total. The number of alkyl halides is 2. The Balaban J connectivity index is 2.45. The lowest BCUT2D eigenvalue weighted by atomic mass is 9.87. The normalized spacial score (nSPS) is 39.9. The molecule has 0 amide bonds. The van der Waals surface area contributed by atoms with Crippen molar-refractivity contribution in [2.24, 2.45) is 0 Å². The molecule has 2 nitrogen and oxygen atoms in total. The molecule has 1 aromatic rings. The molecule has 0 fully saturated rings. The topological polar surface area (TPSA) is 29.5 Å². The van der Waals surface area contributed by atoms with Gasteiger partial charge in [-0.15, -0.1) is 23.2 Å². The Hall–Kier alpha value is 0.0400. The second kappa shape index (κ2) is 4.03. The molecular formula is C13H10Cl4O2. The fourth-order valence-electron chi connectivity index (χ4n) is 3.21. The molecule has 0 spiro atoms. The fourth-order valence-corrected chi connectivity index (χ4v) is 5.23. The smallest absolute Gasteiger partial charge is 0.147 e. The van der Waals surface area contributed by atoms with Crippen molar-refractivity contribution in [2.45, 2.75) is 15.3 Å². The average molecular weight is 340 g/mol. The third-order valence-corrected chi connectivity index (χ3v) is 6.78. The van der Waals surface area contributed by atoms with Gasteiger partial charge < -0.3 is 9.84 Å². The number of benzene rings is 1. The Morgan fingerprint density at radius 2 is 1.47 bits per heavy atom. The number of aliphatic hydroxyl groups excluding tert-OH is 1. The highest BCUT2D eigenvalue weighted by molar-refractivity contribution is 6.52. The zero-order chi connectivity index (χ0) is 14.1. The largest absolute Gasteiger partial charge is 0.393 e. The average Bonchev–Trinajstić information content (AvgIpc) is 2.69. The molecule has 6 heteroatoms. The van der Waals surface area contributed by atoms with Gasteiger partial charge in [-0.05, 0) is 11.1 Å². The van der Waals surface area contributed by atoms with Crippen molar-refractivity contribution >= 4 is 46.4 Å². The Kier molecular flexibility index (Phi) is 2.97. The van der Waals surface area contributed by atoms with Crippen molar-refractivity contribution < 1.29 is 9.84 Å². The summed E-state index contributed by atoms with van der Waals surface area (Å²) < 4.78 is 5.54. The van der Waals surface area contributed by atoms with Crippen molar-refractivity contribution in [3.63, 3.8) is 0 Å². The minimum Gasteiger partial charge on any atom is -0.393 e. The molecule has 2 aliphatic carbocycles. The number of aliphatic hydroxyl groups is 1. The first-order chi connectivity index (χ1) is 8.91. The predicted molar refractivity (Wildman–Crippen MR) is 77.1 cm³/mol. The maximum Gasteiger partial charge on any atom is 0.147 e. The van der Waals surface area contributed by atoms with E-state index >= 15 is 0 Å². The Morgan fingerprint density at radius 1 is 1.05 bits per heavy atom. The second-order valence-electron chi connectivity index (χ2n) is 4.68. The summed E-state index contributed by atoms with van der Waals surface area (Å²) in [6.07, 6.45) is 0. The van der Waals surface area contributed by atoms with Gasteiger partial charge in [0.1, 0.15) is 15.3 Å². The van der Waals surface area contributed by atoms with Crippen LogP contribution in [-0.4, -0.2) is 24.4 Å². The number of ether oxygens (including phenoxy) is 1. The lowest BCUT2D eigenvalue weighted by Gasteiger charge is -2.40. The van der Waals surface area contributed by atoms with E-state index in [9.17, 15) is 5.11 Å². The fraction of sp³-hybridized carbons (Fsp3) is 0.385. The van der Waals surface area contributed by atoms with E-state index in [2.05, 4.69) is 0 Å². The van der Waals surface area contributed by atoms with Crippen LogP contribution in [0.15, 0.2) is 34.3 Å². The predicted octanol–water partition coefficient (Wildman–Crippen LogP) is 3.65. The van der Waals surface area contributed by atoms with Crippen molar-refractivity contribution in [1.29, 1.82) is 0 Å². The molecule has 0 aliphatic heterocycles. The molecule has 19 heavy (non-hydrogen) atoms. The lowest BCUT2D eigenvalue weighted by molar-refractivity contribution is -0.0780. The van der Waals surface area contributed by atoms with Crippen molar-refractivity contribution in [2.75, 3.05) is 13.7 Å². The third kappa shape index (κ3) is 1.17. The van der Waals surface area contributed by atoms with Crippen LogP contribution in [-0.2, 0) is 14.5 Å². The van der Waals surface area contributed by atoms with Crippen LogP contribution >= 0.6 is 46.4 Å². The van der Waals surface area contributed by atoms with Gasteiger partial charge >= 0.3 is 0 Å². The van der Waals surface area contributed by atoms with E-state index in [1.807, 2.05) is 24.3 Å². The van der Waals surface area contributed by atoms with E-state index in [-0.39, 0.29) is 10.1 Å². The Bertz CT molecular complexity index is 549. The van der Waals surface area contributed by atoms with Gasteiger partial charge in [-0.2, -0.15) is 0 Å². The summed E-state index contributed by atoms with van der Waals surface area (Å²) in [7, 11) is 1.44. The summed E-state index contributed by atoms with van der Waals surface area (Å²) in [5.41, 5.74) is 0.120. The van der Waals surface area contributed by atoms with Crippen molar-refractivity contribution in [1.82, 2.24) is 0 Å². The van der Waals surface area contributed by atoms with Crippen LogP contribution in [0.2, 0.25) is 0 Å². The van der Waals surface area contributed by atoms with E-state index in [1.54, 1.807) is 0 Å². The third-order valence-electron chi connectivity index (χ3n) is 4.15. The van der Waals surface area contributed by atoms with E-state index in [0.29, 0.717) is 0 Å². The van der Waals surface area contributed by atoms with Gasteiger partial charge in [0.05, 0.1) is 16.7 Å². The summed E-state index contributed by atoms with van der Waals surface area (Å²) in [6.45, 7) is -0.405. The van der Waals surface area contributed by atoms with Crippen LogP contribution in [0, 0.1) is 0 Å². The number of hydrogen-bond donors (Lipinski definition) is 1. The number of hydrogen-bond acceptors (Lipinski definition) is 2. The molecule has 1 aromatic carbocycles. The van der Waals surface area contributed by atoms with Crippen molar-refractivity contribution in [3.8, 4) is 0 Å². The lowest BCUT2D eigenvalue weighted by Crippen LogP contribution is -2.54. The first-order valence-electron chi connectivity index (χ1n) is 5.62. The standard InChI is InChI=1S/C13H10Cl4O2/c1-19-11(6-18)12(16)7-4-2-3-5-8(7)13(11,17)10(15)9(12)14/h2-5,18H,6H2,1H3. The molecular weight excluding hydrogens is 330 g/mol. The monoisotopic (exact) mass is 338 g/mol. The summed E-state index contributed by atoms with van der Waals surface area (Å²) in [6, 6.07) is 7.31. The highest BCUT2D eigenvalue weighted by Gasteiger charge is 2.78. The second-order valence-corrected chi connectivity index (χ2v) is 6.57. The number of fused-ring (bicyclic) bond motifs is 5. The van der Waals surface area contributed by atoms with E-state index in [4.69, 9.17) is 51.1 Å². The molecule has 3 rings (SSSR count). The molecule has 2 atom stereocenters. The minimum atomic E-state index is -1.32. The first kappa shape index (κ1) is 14.0. The van der Waals surface area contributed by atoms with Gasteiger partial charge in [0, 0.05) is 7.11 Å². The molecule has 0 radical (unpaired) electrons. The summed E-state index contributed by atoms with van der Waals surface area (Å²) in [5, 5.41) is 10.3. The zero-order valence-electron chi connectivity index (χ0n) is 9.88. The molecule has 2 aliphatic rings. The summed E-state index contributed by atoms with van der Waals surface area (Å²) in [4.78, 5) is -2.54. The summed E-state index contributed by atoms with van der Waals surface area (Å²) >= 11 is 26.1. The minimum absolute atomic E-state index is 0.209. The molecule has 0 saturated carbocycles. The van der Waals surface area contributed by atoms with Gasteiger partial charge in [0.15, 0.2) is 0 Å². The molecule has 0 saturated heterocycles.